The maximum Gasteiger partial charge on any atom is 0.260 e. The molecule has 0 aromatic heterocycles. The largest absolute Gasteiger partial charge is 0.484 e. The van der Waals surface area contributed by atoms with Crippen LogP contribution in [0, 0.1) is 11.6 Å². The minimum absolute atomic E-state index is 0.0302. The van der Waals surface area contributed by atoms with E-state index in [0.717, 1.165) is 18.1 Å². The Balaban J connectivity index is 0.00000145. The van der Waals surface area contributed by atoms with Crippen LogP contribution in [0.5, 0.6) is 5.75 Å². The highest BCUT2D eigenvalue weighted by atomic mass is 19.2. The van der Waals surface area contributed by atoms with Crippen molar-refractivity contribution in [3.8, 4) is 5.75 Å². The number of benzene rings is 2. The first-order valence-corrected chi connectivity index (χ1v) is 9.76. The highest BCUT2D eigenvalue weighted by molar-refractivity contribution is 5.78. The lowest BCUT2D eigenvalue weighted by atomic mass is 10.2. The van der Waals surface area contributed by atoms with Gasteiger partial charge in [-0.25, -0.2) is 8.78 Å². The fourth-order valence-electron chi connectivity index (χ4n) is 3.13. The van der Waals surface area contributed by atoms with Crippen LogP contribution in [0.15, 0.2) is 42.5 Å². The van der Waals surface area contributed by atoms with Gasteiger partial charge in [-0.1, -0.05) is 26.0 Å². The lowest BCUT2D eigenvalue weighted by molar-refractivity contribution is -0.132. The van der Waals surface area contributed by atoms with Crippen LogP contribution >= 0.6 is 0 Å². The van der Waals surface area contributed by atoms with Crippen molar-refractivity contribution in [3.63, 3.8) is 0 Å². The van der Waals surface area contributed by atoms with Gasteiger partial charge in [0.25, 0.3) is 5.91 Å². The number of rotatable bonds is 6. The van der Waals surface area contributed by atoms with Crippen LogP contribution in [0.3, 0.4) is 0 Å². The Hall–Kier alpha value is -2.67. The zero-order chi connectivity index (χ0) is 21.4. The van der Waals surface area contributed by atoms with E-state index in [-0.39, 0.29) is 25.2 Å². The summed E-state index contributed by atoms with van der Waals surface area (Å²) < 4.78 is 32.1. The van der Waals surface area contributed by atoms with Crippen molar-refractivity contribution in [1.29, 1.82) is 0 Å². The zero-order valence-corrected chi connectivity index (χ0v) is 17.1. The lowest BCUT2D eigenvalue weighted by Crippen LogP contribution is -2.38. The fraction of sp³-hybridized carbons (Fsp3) is 0.409. The van der Waals surface area contributed by atoms with E-state index >= 15 is 0 Å². The molecule has 3 rings (SSSR count). The van der Waals surface area contributed by atoms with Gasteiger partial charge in [0.15, 0.2) is 18.2 Å². The summed E-state index contributed by atoms with van der Waals surface area (Å²) in [4.78, 5) is 16.0. The molecule has 0 saturated carbocycles. The van der Waals surface area contributed by atoms with Gasteiger partial charge < -0.3 is 19.6 Å². The van der Waals surface area contributed by atoms with Crippen molar-refractivity contribution in [1.82, 2.24) is 4.90 Å². The first kappa shape index (κ1) is 22.6. The van der Waals surface area contributed by atoms with Crippen LogP contribution < -0.4 is 9.64 Å². The number of likely N-dealkylation sites (N-methyl/N-ethyl adjacent to an activating group) is 1. The highest BCUT2D eigenvalue weighted by Gasteiger charge is 2.29. The molecule has 1 heterocycles. The standard InChI is InChI=1S/C20H22F2N2O3.C2H6/c1-23(15-4-7-18(21)19(22)10-15)16-8-9-24(11-16)20(26)13-27-17-5-2-14(12-25)3-6-17;1-2/h2-7,10,16,25H,8-9,11-13H2,1H3;1-2H3. The number of anilines is 1. The fourth-order valence-corrected chi connectivity index (χ4v) is 3.13. The molecule has 1 amide bonds. The molecule has 0 spiro atoms. The predicted molar refractivity (Wildman–Crippen MR) is 109 cm³/mol. The van der Waals surface area contributed by atoms with Crippen molar-refractivity contribution in [2.75, 3.05) is 31.6 Å². The summed E-state index contributed by atoms with van der Waals surface area (Å²) in [5.74, 6) is -1.32. The van der Waals surface area contributed by atoms with Crippen LogP contribution in [-0.4, -0.2) is 48.7 Å². The van der Waals surface area contributed by atoms with Crippen molar-refractivity contribution >= 4 is 11.6 Å². The van der Waals surface area contributed by atoms with Gasteiger partial charge in [-0.15, -0.1) is 0 Å². The van der Waals surface area contributed by atoms with E-state index in [1.807, 2.05) is 25.8 Å². The monoisotopic (exact) mass is 406 g/mol. The number of amides is 1. The summed E-state index contributed by atoms with van der Waals surface area (Å²) >= 11 is 0. The minimum atomic E-state index is -0.883. The van der Waals surface area contributed by atoms with E-state index < -0.39 is 11.6 Å². The SMILES string of the molecule is CC.CN(c1ccc(F)c(F)c1)C1CCN(C(=O)COc2ccc(CO)cc2)C1. The number of hydrogen-bond acceptors (Lipinski definition) is 4. The second kappa shape index (κ2) is 10.8. The Bertz CT molecular complexity index is 799. The molecule has 1 atom stereocenters. The number of carbonyl (C=O) groups is 1. The van der Waals surface area contributed by atoms with Crippen molar-refractivity contribution < 1.29 is 23.4 Å². The first-order chi connectivity index (χ1) is 14.0. The van der Waals surface area contributed by atoms with Crippen molar-refractivity contribution in [3.05, 3.63) is 59.7 Å². The summed E-state index contributed by atoms with van der Waals surface area (Å²) in [6.45, 7) is 4.98. The number of hydrogen-bond donors (Lipinski definition) is 1. The molecule has 2 aromatic carbocycles. The number of nitrogens with zero attached hydrogens (tertiary/aromatic N) is 2. The quantitative estimate of drug-likeness (QED) is 0.797. The van der Waals surface area contributed by atoms with Crippen LogP contribution in [0.4, 0.5) is 14.5 Å². The molecule has 7 heteroatoms. The van der Waals surface area contributed by atoms with Gasteiger partial charge in [-0.3, -0.25) is 4.79 Å². The first-order valence-electron chi connectivity index (χ1n) is 9.76. The summed E-state index contributed by atoms with van der Waals surface area (Å²) in [5.41, 5.74) is 1.35. The summed E-state index contributed by atoms with van der Waals surface area (Å²) in [6.07, 6.45) is 0.742. The molecule has 5 nitrogen and oxygen atoms in total. The van der Waals surface area contributed by atoms with Crippen LogP contribution in [0.1, 0.15) is 25.8 Å². The number of aliphatic hydroxyl groups is 1. The van der Waals surface area contributed by atoms with E-state index in [1.54, 1.807) is 29.2 Å². The Morgan fingerprint density at radius 1 is 1.17 bits per heavy atom. The molecule has 1 aliphatic rings. The molecule has 1 N–H and O–H groups in total. The van der Waals surface area contributed by atoms with Gasteiger partial charge in [0.2, 0.25) is 0 Å². The zero-order valence-electron chi connectivity index (χ0n) is 17.1. The topological polar surface area (TPSA) is 53.0 Å². The minimum Gasteiger partial charge on any atom is -0.484 e. The third kappa shape index (κ3) is 5.90. The van der Waals surface area contributed by atoms with Gasteiger partial charge >= 0.3 is 0 Å². The molecule has 1 aliphatic heterocycles. The highest BCUT2D eigenvalue weighted by Crippen LogP contribution is 2.23. The van der Waals surface area contributed by atoms with Crippen molar-refractivity contribution in [2.24, 2.45) is 0 Å². The Morgan fingerprint density at radius 3 is 2.48 bits per heavy atom. The van der Waals surface area contributed by atoms with E-state index in [4.69, 9.17) is 9.84 Å². The summed E-state index contributed by atoms with van der Waals surface area (Å²) in [5, 5.41) is 9.03. The molecular weight excluding hydrogens is 378 g/mol. The van der Waals surface area contributed by atoms with Gasteiger partial charge in [0.05, 0.1) is 6.61 Å². The second-order valence-corrected chi connectivity index (χ2v) is 6.58. The van der Waals surface area contributed by atoms with Gasteiger partial charge in [-0.05, 0) is 36.2 Å². The summed E-state index contributed by atoms with van der Waals surface area (Å²) in [7, 11) is 1.81. The number of carbonyl (C=O) groups excluding carboxylic acids is 1. The van der Waals surface area contributed by atoms with Crippen LogP contribution in [0.2, 0.25) is 0 Å². The maximum atomic E-state index is 13.4. The van der Waals surface area contributed by atoms with E-state index in [9.17, 15) is 13.6 Å². The van der Waals surface area contributed by atoms with Gasteiger partial charge in [-0.2, -0.15) is 0 Å². The average Bonchev–Trinajstić information content (AvgIpc) is 3.25. The Morgan fingerprint density at radius 2 is 1.86 bits per heavy atom. The maximum absolute atomic E-state index is 13.4. The van der Waals surface area contributed by atoms with Crippen LogP contribution in [0.25, 0.3) is 0 Å². The predicted octanol–water partition coefficient (Wildman–Crippen LogP) is 3.60. The normalized spacial score (nSPS) is 15.5. The van der Waals surface area contributed by atoms with E-state index in [2.05, 4.69) is 0 Å². The molecular formula is C22H28F2N2O3. The van der Waals surface area contributed by atoms with Crippen molar-refractivity contribution in [2.45, 2.75) is 32.9 Å². The smallest absolute Gasteiger partial charge is 0.260 e. The van der Waals surface area contributed by atoms with E-state index in [1.165, 1.54) is 12.1 Å². The third-order valence-electron chi connectivity index (χ3n) is 4.84. The summed E-state index contributed by atoms with van der Waals surface area (Å²) in [6, 6.07) is 10.7. The van der Waals surface area contributed by atoms with Gasteiger partial charge in [0.1, 0.15) is 5.75 Å². The molecule has 1 fully saturated rings. The number of ether oxygens (including phenoxy) is 1. The molecule has 2 aromatic rings. The molecule has 1 saturated heterocycles. The molecule has 1 unspecified atom stereocenters. The molecule has 0 radical (unpaired) electrons. The molecule has 158 valence electrons. The number of halogens is 2. The molecule has 29 heavy (non-hydrogen) atoms. The van der Waals surface area contributed by atoms with E-state index in [0.29, 0.717) is 24.5 Å². The van der Waals surface area contributed by atoms with Crippen LogP contribution in [-0.2, 0) is 11.4 Å². The Labute approximate surface area is 170 Å². The molecule has 0 aliphatic carbocycles. The molecule has 0 bridgehead atoms. The lowest BCUT2D eigenvalue weighted by Gasteiger charge is -2.27. The number of likely N-dealkylation sites (tertiary alicyclic amines) is 1. The average molecular weight is 406 g/mol. The second-order valence-electron chi connectivity index (χ2n) is 6.58. The number of aliphatic hydroxyl groups excluding tert-OH is 1. The van der Waals surface area contributed by atoms with Gasteiger partial charge in [0, 0.05) is 37.9 Å². The Kier molecular flexibility index (Phi) is 8.39. The third-order valence-corrected chi connectivity index (χ3v) is 4.84.